The highest BCUT2D eigenvalue weighted by Gasteiger charge is 2.29. The smallest absolute Gasteiger partial charge is 0.305 e. The molecule has 2 rings (SSSR count). The summed E-state index contributed by atoms with van der Waals surface area (Å²) in [6.45, 7) is 6.00. The van der Waals surface area contributed by atoms with Gasteiger partial charge in [0.15, 0.2) is 5.16 Å². The van der Waals surface area contributed by atoms with E-state index in [4.69, 9.17) is 5.11 Å². The molecule has 0 radical (unpaired) electrons. The van der Waals surface area contributed by atoms with Gasteiger partial charge in [-0.3, -0.25) is 14.2 Å². The molecule has 1 N–H and O–H groups in total. The monoisotopic (exact) mass is 268 g/mol. The van der Waals surface area contributed by atoms with Crippen molar-refractivity contribution in [1.29, 1.82) is 0 Å². The number of hydrogen-bond acceptors (Lipinski definition) is 4. The van der Waals surface area contributed by atoms with Crippen LogP contribution in [0, 0.1) is 0 Å². The number of carboxylic acid groups (broad SMARTS) is 1. The SMILES string of the molecule is CC(C)(C)c1cc(=O)n2c(n1)SCC2CC(=O)O. The maximum Gasteiger partial charge on any atom is 0.305 e. The summed E-state index contributed by atoms with van der Waals surface area (Å²) < 4.78 is 1.51. The average Bonchev–Trinajstić information content (AvgIpc) is 2.59. The van der Waals surface area contributed by atoms with Crippen LogP contribution in [0.3, 0.4) is 0 Å². The van der Waals surface area contributed by atoms with Crippen molar-refractivity contribution in [2.24, 2.45) is 0 Å². The van der Waals surface area contributed by atoms with Crippen molar-refractivity contribution < 1.29 is 9.90 Å². The Morgan fingerprint density at radius 1 is 1.61 bits per heavy atom. The van der Waals surface area contributed by atoms with Crippen molar-refractivity contribution in [3.05, 3.63) is 22.1 Å². The van der Waals surface area contributed by atoms with Crippen molar-refractivity contribution in [1.82, 2.24) is 9.55 Å². The predicted octanol–water partition coefficient (Wildman–Crippen LogP) is 1.66. The molecule has 0 spiro atoms. The van der Waals surface area contributed by atoms with Gasteiger partial charge in [-0.1, -0.05) is 32.5 Å². The molecule has 0 aliphatic carbocycles. The number of aliphatic carboxylic acids is 1. The number of carboxylic acids is 1. The maximum atomic E-state index is 12.1. The van der Waals surface area contributed by atoms with Gasteiger partial charge >= 0.3 is 5.97 Å². The van der Waals surface area contributed by atoms with Crippen LogP contribution in [-0.4, -0.2) is 26.4 Å². The normalized spacial score (nSPS) is 18.7. The molecule has 1 aliphatic rings. The molecule has 0 aromatic carbocycles. The molecule has 1 atom stereocenters. The van der Waals surface area contributed by atoms with Crippen molar-refractivity contribution in [2.75, 3.05) is 5.75 Å². The molecular formula is C12H16N2O3S. The Labute approximate surface area is 109 Å². The van der Waals surface area contributed by atoms with Crippen LogP contribution in [0.2, 0.25) is 0 Å². The highest BCUT2D eigenvalue weighted by atomic mass is 32.2. The molecule has 0 bridgehead atoms. The van der Waals surface area contributed by atoms with Gasteiger partial charge in [-0.25, -0.2) is 4.98 Å². The number of hydrogen-bond donors (Lipinski definition) is 1. The zero-order chi connectivity index (χ0) is 13.5. The maximum absolute atomic E-state index is 12.1. The van der Waals surface area contributed by atoms with E-state index in [1.165, 1.54) is 22.4 Å². The van der Waals surface area contributed by atoms with Crippen LogP contribution < -0.4 is 5.56 Å². The molecule has 0 saturated carbocycles. The standard InChI is InChI=1S/C12H16N2O3S/c1-12(2,3)8-5-9(15)14-7(4-10(16)17)6-18-11(14)13-8/h5,7H,4,6H2,1-3H3,(H,16,17). The minimum absolute atomic E-state index is 0.0313. The third kappa shape index (κ3) is 2.43. The number of carbonyl (C=O) groups is 1. The first-order valence-electron chi connectivity index (χ1n) is 5.77. The van der Waals surface area contributed by atoms with E-state index in [2.05, 4.69) is 4.98 Å². The molecule has 6 heteroatoms. The highest BCUT2D eigenvalue weighted by Crippen LogP contribution is 2.33. The van der Waals surface area contributed by atoms with Crippen LogP contribution in [-0.2, 0) is 10.2 Å². The van der Waals surface area contributed by atoms with Gasteiger partial charge in [-0.15, -0.1) is 0 Å². The van der Waals surface area contributed by atoms with Crippen LogP contribution >= 0.6 is 11.8 Å². The number of aromatic nitrogens is 2. The molecule has 18 heavy (non-hydrogen) atoms. The summed E-state index contributed by atoms with van der Waals surface area (Å²) >= 11 is 1.45. The second-order valence-electron chi connectivity index (χ2n) is 5.44. The Kier molecular flexibility index (Phi) is 3.23. The third-order valence-corrected chi connectivity index (χ3v) is 3.97. The number of fused-ring (bicyclic) bond motifs is 1. The molecule has 5 nitrogen and oxygen atoms in total. The van der Waals surface area contributed by atoms with Crippen LogP contribution in [0.1, 0.15) is 38.9 Å². The lowest BCUT2D eigenvalue weighted by molar-refractivity contribution is -0.137. The van der Waals surface area contributed by atoms with Crippen molar-refractivity contribution >= 4 is 17.7 Å². The van der Waals surface area contributed by atoms with Gasteiger partial charge in [0.2, 0.25) is 0 Å². The van der Waals surface area contributed by atoms with Crippen LogP contribution in [0.15, 0.2) is 16.0 Å². The van der Waals surface area contributed by atoms with Crippen LogP contribution in [0.5, 0.6) is 0 Å². The summed E-state index contributed by atoms with van der Waals surface area (Å²) in [4.78, 5) is 27.3. The molecule has 0 fully saturated rings. The van der Waals surface area contributed by atoms with Gasteiger partial charge < -0.3 is 5.11 Å². The Bertz CT molecular complexity index is 545. The quantitative estimate of drug-likeness (QED) is 0.826. The van der Waals surface area contributed by atoms with E-state index in [1.54, 1.807) is 0 Å². The lowest BCUT2D eigenvalue weighted by Crippen LogP contribution is -2.28. The van der Waals surface area contributed by atoms with Gasteiger partial charge in [0.05, 0.1) is 18.2 Å². The summed E-state index contributed by atoms with van der Waals surface area (Å²) in [6.07, 6.45) is -0.0313. The first-order valence-corrected chi connectivity index (χ1v) is 6.76. The number of rotatable bonds is 2. The molecule has 2 heterocycles. The van der Waals surface area contributed by atoms with Gasteiger partial charge in [-0.05, 0) is 0 Å². The second-order valence-corrected chi connectivity index (χ2v) is 6.43. The summed E-state index contributed by atoms with van der Waals surface area (Å²) in [5, 5.41) is 9.47. The summed E-state index contributed by atoms with van der Waals surface area (Å²) in [5.74, 6) is -0.289. The Morgan fingerprint density at radius 2 is 2.28 bits per heavy atom. The molecule has 0 amide bonds. The lowest BCUT2D eigenvalue weighted by atomic mass is 9.92. The van der Waals surface area contributed by atoms with E-state index >= 15 is 0 Å². The minimum Gasteiger partial charge on any atom is -0.481 e. The summed E-state index contributed by atoms with van der Waals surface area (Å²) in [5.41, 5.74) is 0.420. The van der Waals surface area contributed by atoms with E-state index in [-0.39, 0.29) is 23.4 Å². The van der Waals surface area contributed by atoms with Gasteiger partial charge in [-0.2, -0.15) is 0 Å². The Hall–Kier alpha value is -1.30. The van der Waals surface area contributed by atoms with E-state index in [1.807, 2.05) is 20.8 Å². The fraction of sp³-hybridized carbons (Fsp3) is 0.583. The third-order valence-electron chi connectivity index (χ3n) is 2.87. The Balaban J connectivity index is 2.44. The minimum atomic E-state index is -0.889. The van der Waals surface area contributed by atoms with Crippen molar-refractivity contribution in [2.45, 2.75) is 43.8 Å². The van der Waals surface area contributed by atoms with E-state index in [0.717, 1.165) is 5.69 Å². The van der Waals surface area contributed by atoms with Gasteiger partial charge in [0.1, 0.15) is 0 Å². The fourth-order valence-electron chi connectivity index (χ4n) is 1.89. The van der Waals surface area contributed by atoms with E-state index < -0.39 is 5.97 Å². The molecule has 1 aromatic rings. The second kappa shape index (κ2) is 4.42. The van der Waals surface area contributed by atoms with Gasteiger partial charge in [0, 0.05) is 17.2 Å². The summed E-state index contributed by atoms with van der Waals surface area (Å²) in [6, 6.07) is 1.24. The molecule has 1 aromatic heterocycles. The molecule has 0 saturated heterocycles. The predicted molar refractivity (Wildman–Crippen MR) is 69.2 cm³/mol. The Morgan fingerprint density at radius 3 is 2.83 bits per heavy atom. The largest absolute Gasteiger partial charge is 0.481 e. The molecular weight excluding hydrogens is 252 g/mol. The number of thioether (sulfide) groups is 1. The zero-order valence-electron chi connectivity index (χ0n) is 10.6. The number of nitrogens with zero attached hydrogens (tertiary/aromatic N) is 2. The van der Waals surface area contributed by atoms with E-state index in [0.29, 0.717) is 10.9 Å². The van der Waals surface area contributed by atoms with Crippen LogP contribution in [0.25, 0.3) is 0 Å². The fourth-order valence-corrected chi connectivity index (χ4v) is 3.04. The zero-order valence-corrected chi connectivity index (χ0v) is 11.5. The molecule has 98 valence electrons. The molecule has 1 aliphatic heterocycles. The van der Waals surface area contributed by atoms with Gasteiger partial charge in [0.25, 0.3) is 5.56 Å². The topological polar surface area (TPSA) is 72.2 Å². The van der Waals surface area contributed by atoms with Crippen molar-refractivity contribution in [3.8, 4) is 0 Å². The first-order chi connectivity index (χ1) is 8.29. The average molecular weight is 268 g/mol. The van der Waals surface area contributed by atoms with Crippen molar-refractivity contribution in [3.63, 3.8) is 0 Å². The summed E-state index contributed by atoms with van der Waals surface area (Å²) in [7, 11) is 0. The highest BCUT2D eigenvalue weighted by molar-refractivity contribution is 7.99. The lowest BCUT2D eigenvalue weighted by Gasteiger charge is -2.19. The van der Waals surface area contributed by atoms with E-state index in [9.17, 15) is 9.59 Å². The first kappa shape index (κ1) is 13.1. The molecule has 1 unspecified atom stereocenters. The van der Waals surface area contributed by atoms with Crippen LogP contribution in [0.4, 0.5) is 0 Å².